The van der Waals surface area contributed by atoms with Gasteiger partial charge in [-0.05, 0) is 19.4 Å². The molecule has 1 amide bonds. The van der Waals surface area contributed by atoms with Crippen molar-refractivity contribution >= 4 is 34.2 Å². The first-order chi connectivity index (χ1) is 11.6. The standard InChI is InChI=1S/C17H21ClN4OS/c1-12-3-5-14(6-4-12)9-15-19-17(24-20-15)21-7-8-22(13(2)11-21)16(23)10-18/h3-6,13H,7-11H2,1-2H3/t13-/m1/s1. The molecule has 0 aliphatic carbocycles. The quantitative estimate of drug-likeness (QED) is 0.783. The summed E-state index contributed by atoms with van der Waals surface area (Å²) in [4.78, 5) is 20.5. The number of piperazine rings is 1. The molecule has 0 radical (unpaired) electrons. The van der Waals surface area contributed by atoms with Crippen molar-refractivity contribution < 1.29 is 4.79 Å². The zero-order chi connectivity index (χ0) is 17.1. The minimum atomic E-state index is 0.00106. The van der Waals surface area contributed by atoms with Crippen LogP contribution >= 0.6 is 23.1 Å². The SMILES string of the molecule is Cc1ccc(Cc2nsc(N3CCN(C(=O)CCl)[C@H](C)C3)n2)cc1. The van der Waals surface area contributed by atoms with Crippen LogP contribution in [0.4, 0.5) is 5.13 Å². The highest BCUT2D eigenvalue weighted by Gasteiger charge is 2.28. The molecular formula is C17H21ClN4OS. The minimum Gasteiger partial charge on any atom is -0.343 e. The number of halogens is 1. The Morgan fingerprint density at radius 2 is 2.08 bits per heavy atom. The van der Waals surface area contributed by atoms with Gasteiger partial charge in [-0.15, -0.1) is 11.6 Å². The van der Waals surface area contributed by atoms with Crippen molar-refractivity contribution in [3.63, 3.8) is 0 Å². The van der Waals surface area contributed by atoms with E-state index in [4.69, 9.17) is 11.6 Å². The third-order valence-electron chi connectivity index (χ3n) is 4.27. The predicted molar refractivity (Wildman–Crippen MR) is 98.0 cm³/mol. The van der Waals surface area contributed by atoms with Crippen LogP contribution in [0.25, 0.3) is 0 Å². The Hall–Kier alpha value is -1.66. The maximum atomic E-state index is 11.8. The van der Waals surface area contributed by atoms with Gasteiger partial charge in [0.1, 0.15) is 11.7 Å². The molecule has 2 heterocycles. The van der Waals surface area contributed by atoms with Gasteiger partial charge in [-0.2, -0.15) is 4.37 Å². The number of anilines is 1. The Kier molecular flexibility index (Phi) is 5.36. The van der Waals surface area contributed by atoms with Gasteiger partial charge in [-0.1, -0.05) is 29.8 Å². The van der Waals surface area contributed by atoms with Gasteiger partial charge in [-0.3, -0.25) is 4.79 Å². The molecule has 1 aliphatic heterocycles. The van der Waals surface area contributed by atoms with Gasteiger partial charge in [0.2, 0.25) is 11.0 Å². The summed E-state index contributed by atoms with van der Waals surface area (Å²) in [6, 6.07) is 8.59. The summed E-state index contributed by atoms with van der Waals surface area (Å²) in [7, 11) is 0. The summed E-state index contributed by atoms with van der Waals surface area (Å²) in [5, 5.41) is 0.932. The van der Waals surface area contributed by atoms with Crippen LogP contribution in [0.15, 0.2) is 24.3 Å². The number of nitrogens with zero attached hydrogens (tertiary/aromatic N) is 4. The van der Waals surface area contributed by atoms with E-state index in [0.29, 0.717) is 6.54 Å². The summed E-state index contributed by atoms with van der Waals surface area (Å²) in [5.41, 5.74) is 2.47. The van der Waals surface area contributed by atoms with Crippen LogP contribution in [0.3, 0.4) is 0 Å². The van der Waals surface area contributed by atoms with Gasteiger partial charge in [-0.25, -0.2) is 4.98 Å². The topological polar surface area (TPSA) is 49.3 Å². The zero-order valence-electron chi connectivity index (χ0n) is 13.9. The highest BCUT2D eigenvalue weighted by Crippen LogP contribution is 2.22. The van der Waals surface area contributed by atoms with Crippen LogP contribution in [-0.4, -0.2) is 51.7 Å². The van der Waals surface area contributed by atoms with Crippen molar-refractivity contribution in [2.45, 2.75) is 26.3 Å². The lowest BCUT2D eigenvalue weighted by molar-refractivity contribution is -0.130. The van der Waals surface area contributed by atoms with Crippen molar-refractivity contribution in [3.8, 4) is 0 Å². The Morgan fingerprint density at radius 1 is 1.33 bits per heavy atom. The van der Waals surface area contributed by atoms with E-state index in [9.17, 15) is 4.79 Å². The minimum absolute atomic E-state index is 0.00106. The van der Waals surface area contributed by atoms with Crippen LogP contribution in [0.1, 0.15) is 23.9 Å². The molecule has 0 N–H and O–H groups in total. The number of amides is 1. The lowest BCUT2D eigenvalue weighted by Gasteiger charge is -2.39. The van der Waals surface area contributed by atoms with E-state index in [0.717, 1.165) is 30.5 Å². The van der Waals surface area contributed by atoms with Crippen LogP contribution < -0.4 is 4.90 Å². The first-order valence-corrected chi connectivity index (χ1v) is 9.36. The van der Waals surface area contributed by atoms with Gasteiger partial charge in [0.15, 0.2) is 0 Å². The smallest absolute Gasteiger partial charge is 0.237 e. The summed E-state index contributed by atoms with van der Waals surface area (Å²) in [6.45, 7) is 6.34. The monoisotopic (exact) mass is 364 g/mol. The van der Waals surface area contributed by atoms with Crippen molar-refractivity contribution in [1.82, 2.24) is 14.3 Å². The van der Waals surface area contributed by atoms with Gasteiger partial charge < -0.3 is 9.80 Å². The predicted octanol–water partition coefficient (Wildman–Crippen LogP) is 2.71. The molecule has 1 fully saturated rings. The molecule has 0 spiro atoms. The third-order valence-corrected chi connectivity index (χ3v) is 5.32. The summed E-state index contributed by atoms with van der Waals surface area (Å²) < 4.78 is 4.49. The molecule has 24 heavy (non-hydrogen) atoms. The number of hydrogen-bond donors (Lipinski definition) is 0. The highest BCUT2D eigenvalue weighted by molar-refractivity contribution is 7.09. The fourth-order valence-corrected chi connectivity index (χ4v) is 3.79. The van der Waals surface area contributed by atoms with Gasteiger partial charge in [0, 0.05) is 43.6 Å². The Morgan fingerprint density at radius 3 is 2.75 bits per heavy atom. The first-order valence-electron chi connectivity index (χ1n) is 8.05. The van der Waals surface area contributed by atoms with Crippen LogP contribution in [0.5, 0.6) is 0 Å². The molecule has 1 saturated heterocycles. The summed E-state index contributed by atoms with van der Waals surface area (Å²) in [5.74, 6) is 0.899. The molecule has 2 aromatic rings. The first kappa shape index (κ1) is 17.2. The molecule has 3 rings (SSSR count). The number of aromatic nitrogens is 2. The number of aryl methyl sites for hydroxylation is 1. The number of alkyl halides is 1. The normalized spacial score (nSPS) is 18.0. The maximum absolute atomic E-state index is 11.8. The van der Waals surface area contributed by atoms with Crippen molar-refractivity contribution in [1.29, 1.82) is 0 Å². The van der Waals surface area contributed by atoms with Gasteiger partial charge >= 0.3 is 0 Å². The second-order valence-corrected chi connectivity index (χ2v) is 7.17. The van der Waals surface area contributed by atoms with E-state index in [2.05, 4.69) is 45.4 Å². The van der Waals surface area contributed by atoms with Gasteiger partial charge in [0.05, 0.1) is 0 Å². The molecule has 1 aliphatic rings. The van der Waals surface area contributed by atoms with Gasteiger partial charge in [0.25, 0.3) is 0 Å². The molecule has 128 valence electrons. The molecular weight excluding hydrogens is 344 g/mol. The Labute approximate surface area is 151 Å². The van der Waals surface area contributed by atoms with Crippen molar-refractivity contribution in [2.75, 3.05) is 30.4 Å². The number of benzene rings is 1. The summed E-state index contributed by atoms with van der Waals surface area (Å²) >= 11 is 7.10. The Balaban J connectivity index is 1.63. The summed E-state index contributed by atoms with van der Waals surface area (Å²) in [6.07, 6.45) is 0.747. The van der Waals surface area contributed by atoms with Crippen molar-refractivity contribution in [2.24, 2.45) is 0 Å². The molecule has 5 nitrogen and oxygen atoms in total. The van der Waals surface area contributed by atoms with E-state index in [1.54, 1.807) is 0 Å². The number of hydrogen-bond acceptors (Lipinski definition) is 5. The third kappa shape index (κ3) is 3.87. The molecule has 7 heteroatoms. The van der Waals surface area contributed by atoms with E-state index in [1.807, 2.05) is 11.8 Å². The molecule has 0 saturated carbocycles. The van der Waals surface area contributed by atoms with E-state index in [-0.39, 0.29) is 17.8 Å². The van der Waals surface area contributed by atoms with E-state index >= 15 is 0 Å². The zero-order valence-corrected chi connectivity index (χ0v) is 15.5. The lowest BCUT2D eigenvalue weighted by Crippen LogP contribution is -2.54. The van der Waals surface area contributed by atoms with Crippen LogP contribution in [0.2, 0.25) is 0 Å². The molecule has 0 unspecified atom stereocenters. The van der Waals surface area contributed by atoms with E-state index in [1.165, 1.54) is 22.7 Å². The maximum Gasteiger partial charge on any atom is 0.237 e. The molecule has 1 aromatic heterocycles. The second kappa shape index (κ2) is 7.49. The second-order valence-electron chi connectivity index (χ2n) is 6.17. The Bertz CT molecular complexity index is 703. The fourth-order valence-electron chi connectivity index (χ4n) is 2.91. The van der Waals surface area contributed by atoms with Crippen molar-refractivity contribution in [3.05, 3.63) is 41.2 Å². The van der Waals surface area contributed by atoms with E-state index < -0.39 is 0 Å². The lowest BCUT2D eigenvalue weighted by atomic mass is 10.1. The number of carbonyl (C=O) groups excluding carboxylic acids is 1. The average Bonchev–Trinajstić information content (AvgIpc) is 3.05. The largest absolute Gasteiger partial charge is 0.343 e. The fraction of sp³-hybridized carbons (Fsp3) is 0.471. The molecule has 0 bridgehead atoms. The average molecular weight is 365 g/mol. The van der Waals surface area contributed by atoms with Crippen LogP contribution in [0, 0.1) is 6.92 Å². The molecule has 1 atom stereocenters. The molecule has 1 aromatic carbocycles. The highest BCUT2D eigenvalue weighted by atomic mass is 35.5. The number of carbonyl (C=O) groups is 1. The van der Waals surface area contributed by atoms with Crippen LogP contribution in [-0.2, 0) is 11.2 Å². The number of rotatable bonds is 4.